The van der Waals surface area contributed by atoms with Crippen LogP contribution in [-0.4, -0.2) is 33.2 Å². The van der Waals surface area contributed by atoms with Crippen LogP contribution < -0.4 is 5.32 Å². The van der Waals surface area contributed by atoms with Crippen LogP contribution in [0, 0.1) is 0 Å². The van der Waals surface area contributed by atoms with Crippen molar-refractivity contribution in [2.24, 2.45) is 0 Å². The molecule has 1 aromatic heterocycles. The lowest BCUT2D eigenvalue weighted by Crippen LogP contribution is -2.13. The fourth-order valence-electron chi connectivity index (χ4n) is 1.47. The number of aromatic carboxylic acids is 2. The third-order valence-electron chi connectivity index (χ3n) is 2.35. The van der Waals surface area contributed by atoms with Crippen molar-refractivity contribution in [2.75, 3.05) is 5.32 Å². The highest BCUT2D eigenvalue weighted by Crippen LogP contribution is 2.16. The second kappa shape index (κ2) is 5.22. The van der Waals surface area contributed by atoms with Crippen molar-refractivity contribution in [1.82, 2.24) is 5.16 Å². The zero-order valence-electron chi connectivity index (χ0n) is 9.86. The van der Waals surface area contributed by atoms with Gasteiger partial charge in [-0.3, -0.25) is 4.79 Å². The molecule has 3 N–H and O–H groups in total. The van der Waals surface area contributed by atoms with Crippen LogP contribution in [0.4, 0.5) is 5.69 Å². The molecule has 1 heterocycles. The van der Waals surface area contributed by atoms with Gasteiger partial charge < -0.3 is 20.1 Å². The Hall–Kier alpha value is -3.16. The van der Waals surface area contributed by atoms with E-state index in [1.54, 1.807) is 0 Å². The van der Waals surface area contributed by atoms with Crippen molar-refractivity contribution < 1.29 is 29.1 Å². The lowest BCUT2D eigenvalue weighted by Gasteiger charge is -2.06. The van der Waals surface area contributed by atoms with Crippen LogP contribution in [0.2, 0.25) is 0 Å². The Kier molecular flexibility index (Phi) is 3.47. The Morgan fingerprint density at radius 3 is 2.10 bits per heavy atom. The van der Waals surface area contributed by atoms with Gasteiger partial charge in [0.05, 0.1) is 17.3 Å². The van der Waals surface area contributed by atoms with Gasteiger partial charge in [-0.1, -0.05) is 5.16 Å². The summed E-state index contributed by atoms with van der Waals surface area (Å²) in [5.74, 6) is -3.35. The average Bonchev–Trinajstić information content (AvgIpc) is 2.92. The van der Waals surface area contributed by atoms with E-state index in [9.17, 15) is 14.4 Å². The molecule has 0 bridgehead atoms. The zero-order valence-corrected chi connectivity index (χ0v) is 9.86. The van der Waals surface area contributed by atoms with Crippen LogP contribution in [0.15, 0.2) is 35.0 Å². The van der Waals surface area contributed by atoms with Crippen LogP contribution in [0.1, 0.15) is 31.3 Å². The summed E-state index contributed by atoms with van der Waals surface area (Å²) in [4.78, 5) is 33.5. The Balaban J connectivity index is 2.33. The minimum atomic E-state index is -1.30. The minimum Gasteiger partial charge on any atom is -0.478 e. The Morgan fingerprint density at radius 2 is 1.65 bits per heavy atom. The van der Waals surface area contributed by atoms with Gasteiger partial charge in [0.25, 0.3) is 5.91 Å². The van der Waals surface area contributed by atoms with Gasteiger partial charge in [-0.05, 0) is 18.2 Å². The maximum absolute atomic E-state index is 11.7. The molecule has 1 amide bonds. The van der Waals surface area contributed by atoms with E-state index in [0.29, 0.717) is 0 Å². The molecule has 0 atom stereocenters. The number of nitrogens with one attached hydrogen (secondary N) is 1. The smallest absolute Gasteiger partial charge is 0.335 e. The molecule has 1 aromatic carbocycles. The number of hydrogen-bond acceptors (Lipinski definition) is 5. The number of nitrogens with zero attached hydrogens (tertiary/aromatic N) is 1. The molecular weight excluding hydrogens is 268 g/mol. The first-order valence-corrected chi connectivity index (χ1v) is 5.31. The predicted octanol–water partition coefficient (Wildman–Crippen LogP) is 1.32. The average molecular weight is 276 g/mol. The van der Waals surface area contributed by atoms with Gasteiger partial charge in [-0.2, -0.15) is 0 Å². The molecule has 8 heteroatoms. The lowest BCUT2D eigenvalue weighted by atomic mass is 10.1. The van der Waals surface area contributed by atoms with Crippen molar-refractivity contribution >= 4 is 23.5 Å². The number of carboxylic acid groups (broad SMARTS) is 2. The molecule has 0 saturated heterocycles. The summed E-state index contributed by atoms with van der Waals surface area (Å²) in [7, 11) is 0. The first-order valence-electron chi connectivity index (χ1n) is 5.31. The molecule has 20 heavy (non-hydrogen) atoms. The van der Waals surface area contributed by atoms with E-state index in [1.807, 2.05) is 0 Å². The molecule has 102 valence electrons. The van der Waals surface area contributed by atoms with E-state index in [1.165, 1.54) is 12.3 Å². The molecule has 2 aromatic rings. The minimum absolute atomic E-state index is 0.0312. The normalized spacial score (nSPS) is 10.0. The molecule has 2 rings (SSSR count). The first kappa shape index (κ1) is 13.3. The number of carboxylic acids is 2. The topological polar surface area (TPSA) is 130 Å². The summed E-state index contributed by atoms with van der Waals surface area (Å²) in [6.07, 6.45) is 1.27. The summed E-state index contributed by atoms with van der Waals surface area (Å²) in [6.45, 7) is 0. The summed E-state index contributed by atoms with van der Waals surface area (Å²) in [6, 6.07) is 4.59. The summed E-state index contributed by atoms with van der Waals surface area (Å²) in [5, 5.41) is 23.5. The Labute approximate surface area is 111 Å². The summed E-state index contributed by atoms with van der Waals surface area (Å²) in [5.41, 5.74) is -0.473. The van der Waals surface area contributed by atoms with Gasteiger partial charge in [0.1, 0.15) is 0 Å². The van der Waals surface area contributed by atoms with Crippen LogP contribution in [0.3, 0.4) is 0 Å². The van der Waals surface area contributed by atoms with Gasteiger partial charge in [0.2, 0.25) is 5.76 Å². The number of carbonyl (C=O) groups is 3. The maximum Gasteiger partial charge on any atom is 0.335 e. The molecule has 0 spiro atoms. The van der Waals surface area contributed by atoms with Crippen molar-refractivity contribution in [2.45, 2.75) is 0 Å². The monoisotopic (exact) mass is 276 g/mol. The highest BCUT2D eigenvalue weighted by Gasteiger charge is 2.15. The highest BCUT2D eigenvalue weighted by atomic mass is 16.5. The van der Waals surface area contributed by atoms with E-state index < -0.39 is 17.8 Å². The van der Waals surface area contributed by atoms with Crippen molar-refractivity contribution in [3.8, 4) is 0 Å². The number of aromatic nitrogens is 1. The van der Waals surface area contributed by atoms with E-state index in [4.69, 9.17) is 10.2 Å². The van der Waals surface area contributed by atoms with Gasteiger partial charge in [-0.25, -0.2) is 9.59 Å². The third kappa shape index (κ3) is 2.80. The van der Waals surface area contributed by atoms with Gasteiger partial charge in [0.15, 0.2) is 0 Å². The number of rotatable bonds is 4. The van der Waals surface area contributed by atoms with Crippen molar-refractivity contribution in [3.05, 3.63) is 47.3 Å². The number of anilines is 1. The lowest BCUT2D eigenvalue weighted by molar-refractivity contribution is 0.0696. The van der Waals surface area contributed by atoms with Crippen LogP contribution in [0.25, 0.3) is 0 Å². The fourth-order valence-corrected chi connectivity index (χ4v) is 1.47. The number of hydrogen-bond donors (Lipinski definition) is 3. The van der Waals surface area contributed by atoms with Gasteiger partial charge in [-0.15, -0.1) is 0 Å². The van der Waals surface area contributed by atoms with Crippen LogP contribution in [-0.2, 0) is 0 Å². The molecule has 0 unspecified atom stereocenters. The van der Waals surface area contributed by atoms with E-state index in [0.717, 1.165) is 18.2 Å². The van der Waals surface area contributed by atoms with Gasteiger partial charge in [0, 0.05) is 11.8 Å². The number of carbonyl (C=O) groups excluding carboxylic acids is 1. The Bertz CT molecular complexity index is 645. The predicted molar refractivity (Wildman–Crippen MR) is 64.8 cm³/mol. The fraction of sp³-hybridized carbons (Fsp3) is 0. The molecule has 0 fully saturated rings. The molecule has 8 nitrogen and oxygen atoms in total. The third-order valence-corrected chi connectivity index (χ3v) is 2.35. The van der Waals surface area contributed by atoms with E-state index in [2.05, 4.69) is 15.0 Å². The van der Waals surface area contributed by atoms with Crippen LogP contribution >= 0.6 is 0 Å². The first-order chi connectivity index (χ1) is 9.47. The van der Waals surface area contributed by atoms with Crippen LogP contribution in [0.5, 0.6) is 0 Å². The second-order valence-electron chi connectivity index (χ2n) is 3.74. The van der Waals surface area contributed by atoms with Crippen molar-refractivity contribution in [3.63, 3.8) is 0 Å². The summed E-state index contributed by atoms with van der Waals surface area (Å²) < 4.78 is 4.63. The molecule has 0 aliphatic carbocycles. The molecule has 0 radical (unpaired) electrons. The largest absolute Gasteiger partial charge is 0.478 e. The number of benzene rings is 1. The highest BCUT2D eigenvalue weighted by molar-refractivity contribution is 6.04. The van der Waals surface area contributed by atoms with E-state index >= 15 is 0 Å². The van der Waals surface area contributed by atoms with E-state index in [-0.39, 0.29) is 22.6 Å². The van der Waals surface area contributed by atoms with Gasteiger partial charge >= 0.3 is 11.9 Å². The molecule has 0 aliphatic heterocycles. The Morgan fingerprint density at radius 1 is 1.05 bits per heavy atom. The second-order valence-corrected chi connectivity index (χ2v) is 3.74. The maximum atomic E-state index is 11.7. The quantitative estimate of drug-likeness (QED) is 0.767. The zero-order chi connectivity index (χ0) is 14.7. The number of amides is 1. The SMILES string of the molecule is O=C(O)c1cc(NC(=O)c2ccno2)cc(C(=O)O)c1. The summed E-state index contributed by atoms with van der Waals surface area (Å²) >= 11 is 0. The molecular formula is C12H8N2O6. The molecule has 0 saturated carbocycles. The molecule has 0 aliphatic rings. The standard InChI is InChI=1S/C12H8N2O6/c15-10(9-1-2-13-20-9)14-8-4-6(11(16)17)3-7(5-8)12(18)19/h1-5H,(H,14,15)(H,16,17)(H,18,19). The van der Waals surface area contributed by atoms with Crippen molar-refractivity contribution in [1.29, 1.82) is 0 Å².